The molecule has 4 aromatic heterocycles. The second kappa shape index (κ2) is 9.18. The Morgan fingerprint density at radius 2 is 1.81 bits per heavy atom. The summed E-state index contributed by atoms with van der Waals surface area (Å²) in [5, 5.41) is 10.2. The average molecular weight is 483 g/mol. The number of carbonyl (C=O) groups excluding carboxylic acids is 2. The Morgan fingerprint density at radius 3 is 2.56 bits per heavy atom. The van der Waals surface area contributed by atoms with Gasteiger partial charge in [0.15, 0.2) is 11.6 Å². The van der Waals surface area contributed by atoms with Crippen LogP contribution in [-0.2, 0) is 4.74 Å². The first kappa shape index (κ1) is 22.5. The summed E-state index contributed by atoms with van der Waals surface area (Å²) in [7, 11) is 1.31. The number of benzene rings is 1. The molecule has 5 rings (SSSR count). The molecule has 5 aromatic rings. The summed E-state index contributed by atoms with van der Waals surface area (Å²) in [6, 6.07) is 14.8. The predicted molar refractivity (Wildman–Crippen MR) is 133 cm³/mol. The number of carbonyl (C=O) groups is 2. The number of amides is 1. The maximum Gasteiger partial charge on any atom is 0.346 e. The van der Waals surface area contributed by atoms with Crippen molar-refractivity contribution in [3.05, 3.63) is 78.4 Å². The van der Waals surface area contributed by atoms with E-state index in [-0.39, 0.29) is 0 Å². The number of aromatic nitrogens is 6. The lowest BCUT2D eigenvalue weighted by Gasteiger charge is -2.07. The number of nitrogens with two attached hydrogens (primary N) is 1. The van der Waals surface area contributed by atoms with Crippen molar-refractivity contribution in [2.45, 2.75) is 6.92 Å². The third-order valence-electron chi connectivity index (χ3n) is 5.23. The van der Waals surface area contributed by atoms with E-state index in [1.165, 1.54) is 13.3 Å². The largest absolute Gasteiger partial charge is 0.465 e. The molecular weight excluding hydrogens is 462 g/mol. The number of rotatable bonds is 5. The summed E-state index contributed by atoms with van der Waals surface area (Å²) in [5.41, 5.74) is 8.79. The van der Waals surface area contributed by atoms with Gasteiger partial charge in [0, 0.05) is 30.2 Å². The molecule has 0 aliphatic rings. The highest BCUT2D eigenvalue weighted by Crippen LogP contribution is 2.30. The van der Waals surface area contributed by atoms with E-state index in [2.05, 4.69) is 35.4 Å². The Bertz CT molecular complexity index is 1570. The van der Waals surface area contributed by atoms with Gasteiger partial charge in [-0.25, -0.2) is 24.5 Å². The topological polar surface area (TPSA) is 154 Å². The number of hydrogen-bond acceptors (Lipinski definition) is 9. The number of fused-ring (bicyclic) bond motifs is 1. The van der Waals surface area contributed by atoms with Gasteiger partial charge in [-0.3, -0.25) is 4.40 Å². The van der Waals surface area contributed by atoms with Gasteiger partial charge >= 0.3 is 12.0 Å². The lowest BCUT2D eigenvalue weighted by atomic mass is 10.2. The number of anilines is 4. The van der Waals surface area contributed by atoms with E-state index < -0.39 is 12.0 Å². The minimum Gasteiger partial charge on any atom is -0.465 e. The van der Waals surface area contributed by atoms with Crippen LogP contribution in [0.1, 0.15) is 16.2 Å². The van der Waals surface area contributed by atoms with E-state index >= 15 is 0 Å². The smallest absolute Gasteiger partial charge is 0.346 e. The lowest BCUT2D eigenvalue weighted by Crippen LogP contribution is -2.20. The highest BCUT2D eigenvalue weighted by molar-refractivity contribution is 5.93. The molecule has 0 saturated carbocycles. The highest BCUT2D eigenvalue weighted by atomic mass is 16.5. The zero-order chi connectivity index (χ0) is 25.2. The molecule has 0 aliphatic heterocycles. The van der Waals surface area contributed by atoms with Crippen LogP contribution >= 0.6 is 0 Å². The average Bonchev–Trinajstić information content (AvgIpc) is 3.48. The highest BCUT2D eigenvalue weighted by Gasteiger charge is 2.18. The van der Waals surface area contributed by atoms with Gasteiger partial charge in [0.2, 0.25) is 0 Å². The van der Waals surface area contributed by atoms with Crippen LogP contribution in [0, 0.1) is 6.92 Å². The molecule has 4 heterocycles. The summed E-state index contributed by atoms with van der Waals surface area (Å²) < 4.78 is 7.71. The van der Waals surface area contributed by atoms with Crippen LogP contribution < -0.4 is 16.4 Å². The molecule has 1 aromatic carbocycles. The molecular formula is C24H21N9O3. The van der Waals surface area contributed by atoms with E-state index in [9.17, 15) is 9.59 Å². The third kappa shape index (κ3) is 4.42. The van der Waals surface area contributed by atoms with Crippen LogP contribution in [0.15, 0.2) is 67.0 Å². The molecule has 12 heteroatoms. The summed E-state index contributed by atoms with van der Waals surface area (Å²) >= 11 is 0. The Hall–Kier alpha value is -5.26. The first-order valence-electron chi connectivity index (χ1n) is 10.8. The van der Waals surface area contributed by atoms with Gasteiger partial charge in [0.25, 0.3) is 0 Å². The minimum absolute atomic E-state index is 0.342. The molecule has 0 aliphatic carbocycles. The minimum atomic E-state index is -0.483. The molecule has 0 fully saturated rings. The van der Waals surface area contributed by atoms with Crippen molar-refractivity contribution >= 4 is 40.8 Å². The van der Waals surface area contributed by atoms with E-state index in [0.717, 1.165) is 4.68 Å². The maximum absolute atomic E-state index is 12.7. The monoisotopic (exact) mass is 483 g/mol. The third-order valence-corrected chi connectivity index (χ3v) is 5.23. The summed E-state index contributed by atoms with van der Waals surface area (Å²) in [6.45, 7) is 1.76. The molecule has 12 nitrogen and oxygen atoms in total. The van der Waals surface area contributed by atoms with Crippen LogP contribution in [0.2, 0.25) is 0 Å². The van der Waals surface area contributed by atoms with Gasteiger partial charge in [0.05, 0.1) is 18.4 Å². The Labute approximate surface area is 204 Å². The predicted octanol–water partition coefficient (Wildman–Crippen LogP) is 3.49. The molecule has 0 spiro atoms. The van der Waals surface area contributed by atoms with Crippen molar-refractivity contribution in [1.82, 2.24) is 29.1 Å². The second-order valence-corrected chi connectivity index (χ2v) is 7.73. The van der Waals surface area contributed by atoms with E-state index in [0.29, 0.717) is 51.6 Å². The van der Waals surface area contributed by atoms with Crippen molar-refractivity contribution in [3.63, 3.8) is 0 Å². The van der Waals surface area contributed by atoms with Crippen LogP contribution in [-0.4, -0.2) is 48.2 Å². The summed E-state index contributed by atoms with van der Waals surface area (Å²) in [4.78, 5) is 37.6. The number of hydrogen-bond donors (Lipinski definition) is 3. The lowest BCUT2D eigenvalue weighted by molar-refractivity contribution is 0.0600. The van der Waals surface area contributed by atoms with Crippen molar-refractivity contribution < 1.29 is 14.3 Å². The molecule has 1 amide bonds. The second-order valence-electron chi connectivity index (χ2n) is 7.73. The van der Waals surface area contributed by atoms with E-state index in [4.69, 9.17) is 5.73 Å². The van der Waals surface area contributed by atoms with Gasteiger partial charge in [-0.2, -0.15) is 4.68 Å². The SMILES string of the molecule is COC(=O)c1ccc(NC(=O)n2ccc(Nc3nc4ccccn4c3-c3cc(N)nc(C)n3)n2)cc1. The zero-order valence-electron chi connectivity index (χ0n) is 19.3. The van der Waals surface area contributed by atoms with Gasteiger partial charge in [0.1, 0.15) is 23.0 Å². The standard InChI is InChI=1S/C24H21N9O3/c1-14-26-17(13-18(25)27-14)21-22(30-20-5-3-4-11-32(20)21)29-19-10-12-33(31-19)24(35)28-16-8-6-15(7-9-16)23(34)36-2/h3-13H,1-2H3,(H,28,35)(H,29,31)(H2,25,26,27). The Kier molecular flexibility index (Phi) is 5.74. The Balaban J connectivity index is 1.40. The number of ether oxygens (including phenoxy) is 1. The molecule has 0 saturated heterocycles. The van der Waals surface area contributed by atoms with Crippen LogP contribution in [0.4, 0.5) is 27.9 Å². The number of aryl methyl sites for hydroxylation is 1. The van der Waals surface area contributed by atoms with Crippen molar-refractivity contribution in [3.8, 4) is 11.4 Å². The number of esters is 1. The molecule has 4 N–H and O–H groups in total. The fraction of sp³-hybridized carbons (Fsp3) is 0.0833. The number of nitrogens with zero attached hydrogens (tertiary/aromatic N) is 6. The summed E-state index contributed by atoms with van der Waals surface area (Å²) in [6.07, 6.45) is 3.39. The fourth-order valence-electron chi connectivity index (χ4n) is 3.65. The number of pyridine rings is 1. The van der Waals surface area contributed by atoms with Gasteiger partial charge in [-0.15, -0.1) is 5.10 Å². The van der Waals surface area contributed by atoms with Crippen LogP contribution in [0.5, 0.6) is 0 Å². The van der Waals surface area contributed by atoms with Gasteiger partial charge < -0.3 is 21.1 Å². The van der Waals surface area contributed by atoms with E-state index in [1.54, 1.807) is 43.3 Å². The fourth-order valence-corrected chi connectivity index (χ4v) is 3.65. The zero-order valence-corrected chi connectivity index (χ0v) is 19.3. The number of methoxy groups -OCH3 is 1. The van der Waals surface area contributed by atoms with Crippen LogP contribution in [0.25, 0.3) is 17.0 Å². The maximum atomic E-state index is 12.7. The number of nitrogens with one attached hydrogen (secondary N) is 2. The molecule has 0 radical (unpaired) electrons. The normalized spacial score (nSPS) is 10.8. The van der Waals surface area contributed by atoms with E-state index in [1.807, 2.05) is 28.8 Å². The Morgan fingerprint density at radius 1 is 1.00 bits per heavy atom. The quantitative estimate of drug-likeness (QED) is 0.319. The van der Waals surface area contributed by atoms with Crippen molar-refractivity contribution in [1.29, 1.82) is 0 Å². The molecule has 180 valence electrons. The van der Waals surface area contributed by atoms with Gasteiger partial charge in [-0.1, -0.05) is 6.07 Å². The van der Waals surface area contributed by atoms with Crippen LogP contribution in [0.3, 0.4) is 0 Å². The molecule has 0 bridgehead atoms. The number of imidazole rings is 1. The number of nitrogen functional groups attached to an aromatic ring is 1. The van der Waals surface area contributed by atoms with Gasteiger partial charge in [-0.05, 0) is 43.3 Å². The summed E-state index contributed by atoms with van der Waals surface area (Å²) in [5.74, 6) is 1.30. The molecule has 36 heavy (non-hydrogen) atoms. The first-order chi connectivity index (χ1) is 17.4. The first-order valence-corrected chi connectivity index (χ1v) is 10.8. The molecule has 0 unspecified atom stereocenters. The van der Waals surface area contributed by atoms with Crippen molar-refractivity contribution in [2.75, 3.05) is 23.5 Å². The van der Waals surface area contributed by atoms with Crippen molar-refractivity contribution in [2.24, 2.45) is 0 Å². The molecule has 0 atom stereocenters.